The van der Waals surface area contributed by atoms with Gasteiger partial charge in [0.05, 0.1) is 32.9 Å². The molecule has 2 aliphatic rings. The van der Waals surface area contributed by atoms with Gasteiger partial charge in [-0.15, -0.1) is 0 Å². The third-order valence-electron chi connectivity index (χ3n) is 11.3. The summed E-state index contributed by atoms with van der Waals surface area (Å²) in [6.07, 6.45) is 9.78. The Morgan fingerprint density at radius 2 is 1.06 bits per heavy atom. The van der Waals surface area contributed by atoms with Crippen LogP contribution < -0.4 is 11.1 Å². The summed E-state index contributed by atoms with van der Waals surface area (Å²) in [5, 5.41) is 14.1. The van der Waals surface area contributed by atoms with Gasteiger partial charge in [0.2, 0.25) is 0 Å². The predicted molar refractivity (Wildman–Crippen MR) is 287 cm³/mol. The molecule has 2 fully saturated rings. The quantitative estimate of drug-likeness (QED) is 0.101. The van der Waals surface area contributed by atoms with Gasteiger partial charge in [0, 0.05) is 72.3 Å². The molecule has 4 aromatic carbocycles. The summed E-state index contributed by atoms with van der Waals surface area (Å²) in [6.45, 7) is 0.925. The topological polar surface area (TPSA) is 178 Å². The lowest BCUT2D eigenvalue weighted by Gasteiger charge is -2.06. The maximum absolute atomic E-state index is 12.7. The van der Waals surface area contributed by atoms with E-state index in [0.29, 0.717) is 31.5 Å². The average molecular weight is 1010 g/mol. The number of amides is 1. The van der Waals surface area contributed by atoms with E-state index in [1.165, 1.54) is 23.1 Å². The first-order valence-corrected chi connectivity index (χ1v) is 22.2. The van der Waals surface area contributed by atoms with E-state index in [1.54, 1.807) is 24.5 Å². The smallest absolute Gasteiger partial charge is 0.335 e. The molecule has 4 atom stereocenters. The van der Waals surface area contributed by atoms with Gasteiger partial charge in [0.15, 0.2) is 0 Å². The summed E-state index contributed by atoms with van der Waals surface area (Å²) >= 11 is 2.90. The molecule has 2 aliphatic carbocycles. The highest BCUT2D eigenvalue weighted by atomic mass is 32.1. The molecular formula is C50H52N6O5S6. The number of rotatable bonds is 13. The fourth-order valence-corrected chi connectivity index (χ4v) is 9.00. The van der Waals surface area contributed by atoms with E-state index >= 15 is 0 Å². The van der Waals surface area contributed by atoms with E-state index in [0.717, 1.165) is 66.7 Å². The molecule has 0 spiro atoms. The first-order chi connectivity index (χ1) is 30.7. The molecule has 0 radical (unpaired) electrons. The first-order valence-electron chi connectivity index (χ1n) is 20.7. The molecule has 2 saturated carbocycles. The maximum atomic E-state index is 12.7. The number of hydrogen-bond donors (Lipinski definition) is 3. The number of carbonyl (C=O) groups is 4. The van der Waals surface area contributed by atoms with E-state index in [9.17, 15) is 19.2 Å². The third-order valence-corrected chi connectivity index (χ3v) is 12.8. The van der Waals surface area contributed by atoms with E-state index in [2.05, 4.69) is 30.1 Å². The molecule has 4 heterocycles. The van der Waals surface area contributed by atoms with Crippen LogP contribution in [0.25, 0.3) is 20.2 Å². The highest BCUT2D eigenvalue weighted by Gasteiger charge is 2.44. The molecule has 67 heavy (non-hydrogen) atoms. The molecular weight excluding hydrogens is 957 g/mol. The highest BCUT2D eigenvalue weighted by molar-refractivity contribution is 7.59. The summed E-state index contributed by atoms with van der Waals surface area (Å²) in [5.41, 5.74) is 12.2. The number of carboxylic acids is 1. The van der Waals surface area contributed by atoms with Crippen molar-refractivity contribution in [3.63, 3.8) is 0 Å². The molecule has 17 heteroatoms. The van der Waals surface area contributed by atoms with Crippen LogP contribution in [-0.4, -0.2) is 47.3 Å². The van der Waals surface area contributed by atoms with Gasteiger partial charge in [0.25, 0.3) is 5.91 Å². The number of nitrogens with two attached hydrogens (primary N) is 1. The van der Waals surface area contributed by atoms with E-state index < -0.39 is 5.97 Å². The van der Waals surface area contributed by atoms with Crippen molar-refractivity contribution >= 4 is 121 Å². The molecule has 2 unspecified atom stereocenters. The number of ketones is 2. The summed E-state index contributed by atoms with van der Waals surface area (Å²) < 4.78 is 10.6. The van der Waals surface area contributed by atoms with Crippen molar-refractivity contribution in [1.82, 2.24) is 24.0 Å². The standard InChI is InChI=1S/C25H21N3O2S.C19H15NO3S.C6H8N2.4H2S/c29-23(11-16-4-5-19-14-28-31-24(19)12-16)22-13-21(22)17-6-8-18(9-7-17)25(30)27-15-20-3-1-2-10-26-20;21-17(7-11-1-2-14-10-20-24-18(14)8-11)16-9-15(16)12-3-5-13(6-4-12)19(22)23;7-5-6-3-1-2-4-8-6;;;;/h1-10,12,14,21-22H,11,13,15H2,(H,27,30);1-6,8,10,15-16H,7,9H2,(H,22,23);1-4H,5,7H2;4*1H2/t21?,22-;15?,16-;;;;;/m00...../s1. The number of aromatic carboxylic acids is 1. The van der Waals surface area contributed by atoms with E-state index in [-0.39, 0.29) is 101 Å². The number of pyridine rings is 2. The van der Waals surface area contributed by atoms with Crippen molar-refractivity contribution < 1.29 is 24.3 Å². The molecule has 0 aliphatic heterocycles. The van der Waals surface area contributed by atoms with Gasteiger partial charge >= 0.3 is 5.97 Å². The molecule has 348 valence electrons. The fourth-order valence-electron chi connectivity index (χ4n) is 7.58. The number of nitrogens with zero attached hydrogens (tertiary/aromatic N) is 4. The fraction of sp³-hybridized carbons (Fsp3) is 0.200. The Morgan fingerprint density at radius 1 is 0.597 bits per heavy atom. The average Bonchev–Trinajstić information content (AvgIpc) is 4.21. The Balaban J connectivity index is 0.000000243. The molecule has 4 aromatic heterocycles. The Hall–Kier alpha value is -5.40. The Labute approximate surface area is 425 Å². The van der Waals surface area contributed by atoms with Crippen LogP contribution in [0.15, 0.2) is 146 Å². The number of benzene rings is 4. The van der Waals surface area contributed by atoms with Crippen molar-refractivity contribution in [3.8, 4) is 0 Å². The Bertz CT molecular complexity index is 2870. The molecule has 0 bridgehead atoms. The number of nitrogens with one attached hydrogen (secondary N) is 1. The van der Waals surface area contributed by atoms with Crippen molar-refractivity contribution in [2.45, 2.75) is 50.6 Å². The lowest BCUT2D eigenvalue weighted by atomic mass is 10.0. The molecule has 4 N–H and O–H groups in total. The minimum atomic E-state index is -0.927. The summed E-state index contributed by atoms with van der Waals surface area (Å²) in [7, 11) is 0. The van der Waals surface area contributed by atoms with Gasteiger partial charge in [-0.2, -0.15) is 62.7 Å². The number of aromatic nitrogens is 4. The first kappa shape index (κ1) is 54.2. The van der Waals surface area contributed by atoms with Gasteiger partial charge in [-0.25, -0.2) is 4.79 Å². The van der Waals surface area contributed by atoms with Crippen LogP contribution in [-0.2, 0) is 35.5 Å². The Morgan fingerprint density at radius 3 is 1.48 bits per heavy atom. The Kier molecular flexibility index (Phi) is 20.8. The maximum Gasteiger partial charge on any atom is 0.335 e. The van der Waals surface area contributed by atoms with Gasteiger partial charge in [-0.05, 0) is 131 Å². The van der Waals surface area contributed by atoms with Crippen molar-refractivity contribution in [3.05, 3.63) is 191 Å². The number of Topliss-reactive ketones (excluding diaryl/α,β-unsaturated/α-hetero) is 2. The number of carbonyl (C=O) groups excluding carboxylic acids is 3. The van der Waals surface area contributed by atoms with Crippen LogP contribution >= 0.6 is 77.0 Å². The zero-order valence-corrected chi connectivity index (χ0v) is 41.8. The lowest BCUT2D eigenvalue weighted by molar-refractivity contribution is -0.120. The lowest BCUT2D eigenvalue weighted by Crippen LogP contribution is -2.23. The van der Waals surface area contributed by atoms with Crippen LogP contribution in [0.4, 0.5) is 0 Å². The predicted octanol–water partition coefficient (Wildman–Crippen LogP) is 9.44. The van der Waals surface area contributed by atoms with E-state index in [4.69, 9.17) is 10.8 Å². The summed E-state index contributed by atoms with van der Waals surface area (Å²) in [5.74, 6) is 0.0938. The largest absolute Gasteiger partial charge is 0.478 e. The van der Waals surface area contributed by atoms with Crippen LogP contribution in [0.2, 0.25) is 0 Å². The zero-order chi connectivity index (χ0) is 43.7. The normalized spacial score (nSPS) is 16.1. The second-order valence-corrected chi connectivity index (χ2v) is 17.3. The van der Waals surface area contributed by atoms with E-state index in [1.807, 2.05) is 116 Å². The number of carboxylic acid groups (broad SMARTS) is 1. The monoisotopic (exact) mass is 1010 g/mol. The van der Waals surface area contributed by atoms with Gasteiger partial charge in [0.1, 0.15) is 11.6 Å². The zero-order valence-electron chi connectivity index (χ0n) is 36.2. The van der Waals surface area contributed by atoms with Gasteiger partial charge in [-0.1, -0.05) is 60.7 Å². The molecule has 10 rings (SSSR count). The molecule has 8 aromatic rings. The van der Waals surface area contributed by atoms with Crippen LogP contribution in [0.3, 0.4) is 0 Å². The van der Waals surface area contributed by atoms with Crippen molar-refractivity contribution in [1.29, 1.82) is 0 Å². The van der Waals surface area contributed by atoms with Crippen molar-refractivity contribution in [2.75, 3.05) is 0 Å². The molecule has 11 nitrogen and oxygen atoms in total. The second kappa shape index (κ2) is 25.7. The van der Waals surface area contributed by atoms with Gasteiger partial charge in [-0.3, -0.25) is 24.4 Å². The highest BCUT2D eigenvalue weighted by Crippen LogP contribution is 2.49. The minimum absolute atomic E-state index is 0. The SMILES string of the molecule is NCc1ccccn1.O=C(NCc1ccccn1)c1ccc(C2C[C@@H]2C(=O)Cc2ccc3cnsc3c2)cc1.O=C(O)c1ccc(C2C[C@@H]2C(=O)Cc2ccc3cnsc3c2)cc1.S.S.S.S. The third kappa shape index (κ3) is 14.5. The van der Waals surface area contributed by atoms with Crippen molar-refractivity contribution in [2.24, 2.45) is 17.6 Å². The summed E-state index contributed by atoms with van der Waals surface area (Å²) in [4.78, 5) is 56.7. The number of hydrogen-bond acceptors (Lipinski definition) is 11. The van der Waals surface area contributed by atoms with Crippen LogP contribution in [0.1, 0.15) is 79.0 Å². The molecule has 0 saturated heterocycles. The summed E-state index contributed by atoms with van der Waals surface area (Å²) in [6, 6.07) is 38.0. The number of fused-ring (bicyclic) bond motifs is 2. The van der Waals surface area contributed by atoms with Crippen LogP contribution in [0, 0.1) is 11.8 Å². The minimum Gasteiger partial charge on any atom is -0.478 e. The second-order valence-electron chi connectivity index (χ2n) is 15.7. The van der Waals surface area contributed by atoms with Gasteiger partial charge < -0.3 is 16.2 Å². The molecule has 1 amide bonds. The van der Waals surface area contributed by atoms with Crippen LogP contribution in [0.5, 0.6) is 0 Å².